The van der Waals surface area contributed by atoms with Crippen molar-refractivity contribution in [2.75, 3.05) is 0 Å². The van der Waals surface area contributed by atoms with Gasteiger partial charge in [0.05, 0.1) is 5.69 Å². The van der Waals surface area contributed by atoms with Gasteiger partial charge < -0.3 is 5.32 Å². The van der Waals surface area contributed by atoms with E-state index in [1.165, 1.54) is 19.3 Å². The molecule has 2 nitrogen and oxygen atoms in total. The normalized spacial score (nSPS) is 13.0. The van der Waals surface area contributed by atoms with Crippen molar-refractivity contribution in [3.8, 4) is 0 Å². The molecule has 0 radical (unpaired) electrons. The first-order valence-electron chi connectivity index (χ1n) is 6.41. The van der Waals surface area contributed by atoms with Gasteiger partial charge in [-0.25, -0.2) is 0 Å². The molecule has 0 aliphatic heterocycles. The molecule has 17 heavy (non-hydrogen) atoms. The molecule has 96 valence electrons. The molecule has 0 bridgehead atoms. The van der Waals surface area contributed by atoms with Gasteiger partial charge in [0, 0.05) is 23.3 Å². The second kappa shape index (κ2) is 7.83. The predicted octanol–water partition coefficient (Wildman–Crippen LogP) is 4.15. The number of nitrogens with zero attached hydrogens (tertiary/aromatic N) is 1. The summed E-state index contributed by atoms with van der Waals surface area (Å²) in [4.78, 5) is 4.35. The highest BCUT2D eigenvalue weighted by atomic mass is 79.9. The molecule has 1 N–H and O–H groups in total. The van der Waals surface area contributed by atoms with E-state index in [9.17, 15) is 0 Å². The molecule has 0 spiro atoms. The Balaban J connectivity index is 2.19. The van der Waals surface area contributed by atoms with Gasteiger partial charge in [-0.15, -0.1) is 0 Å². The van der Waals surface area contributed by atoms with Crippen molar-refractivity contribution in [3.05, 3.63) is 28.5 Å². The first-order valence-corrected chi connectivity index (χ1v) is 7.21. The van der Waals surface area contributed by atoms with E-state index in [1.54, 1.807) is 0 Å². The van der Waals surface area contributed by atoms with E-state index in [2.05, 4.69) is 53.1 Å². The highest BCUT2D eigenvalue weighted by Crippen LogP contribution is 2.09. The average molecular weight is 299 g/mol. The minimum atomic E-state index is 0.569. The molecule has 0 aliphatic carbocycles. The highest BCUT2D eigenvalue weighted by molar-refractivity contribution is 9.10. The fraction of sp³-hybridized carbons (Fsp3) is 0.643. The lowest BCUT2D eigenvalue weighted by Gasteiger charge is -2.14. The SMILES string of the molecule is CC(C)CCCC(C)NCc1ccc(Br)cn1. The summed E-state index contributed by atoms with van der Waals surface area (Å²) >= 11 is 3.39. The van der Waals surface area contributed by atoms with Gasteiger partial charge in [-0.05, 0) is 47.3 Å². The molecule has 1 aromatic rings. The lowest BCUT2D eigenvalue weighted by molar-refractivity contribution is 0.455. The van der Waals surface area contributed by atoms with Crippen molar-refractivity contribution >= 4 is 15.9 Å². The molecule has 1 heterocycles. The Bertz CT molecular complexity index is 309. The van der Waals surface area contributed by atoms with Crippen LogP contribution in [-0.2, 0) is 6.54 Å². The molecule has 1 atom stereocenters. The van der Waals surface area contributed by atoms with Crippen molar-refractivity contribution in [1.82, 2.24) is 10.3 Å². The van der Waals surface area contributed by atoms with Crippen LogP contribution in [-0.4, -0.2) is 11.0 Å². The minimum absolute atomic E-state index is 0.569. The molecule has 0 saturated carbocycles. The van der Waals surface area contributed by atoms with Gasteiger partial charge in [0.2, 0.25) is 0 Å². The van der Waals surface area contributed by atoms with Gasteiger partial charge in [-0.3, -0.25) is 4.98 Å². The summed E-state index contributed by atoms with van der Waals surface area (Å²) in [5.41, 5.74) is 1.10. The second-order valence-electron chi connectivity index (χ2n) is 5.07. The van der Waals surface area contributed by atoms with Crippen LogP contribution in [0.25, 0.3) is 0 Å². The van der Waals surface area contributed by atoms with E-state index in [1.807, 2.05) is 12.3 Å². The largest absolute Gasteiger partial charge is 0.309 e. The van der Waals surface area contributed by atoms with Crippen LogP contribution in [0.3, 0.4) is 0 Å². The Kier molecular flexibility index (Phi) is 6.75. The van der Waals surface area contributed by atoms with Crippen LogP contribution in [0.4, 0.5) is 0 Å². The Hall–Kier alpha value is -0.410. The smallest absolute Gasteiger partial charge is 0.0542 e. The van der Waals surface area contributed by atoms with Crippen LogP contribution in [0.2, 0.25) is 0 Å². The lowest BCUT2D eigenvalue weighted by atomic mass is 10.0. The minimum Gasteiger partial charge on any atom is -0.309 e. The fourth-order valence-corrected chi connectivity index (χ4v) is 1.96. The molecular weight excluding hydrogens is 276 g/mol. The molecule has 1 rings (SSSR count). The molecule has 1 aromatic heterocycles. The topological polar surface area (TPSA) is 24.9 Å². The maximum atomic E-state index is 4.35. The number of aromatic nitrogens is 1. The van der Waals surface area contributed by atoms with E-state index in [4.69, 9.17) is 0 Å². The average Bonchev–Trinajstić information content (AvgIpc) is 2.28. The molecule has 1 unspecified atom stereocenters. The summed E-state index contributed by atoms with van der Waals surface area (Å²) < 4.78 is 1.03. The van der Waals surface area contributed by atoms with E-state index < -0.39 is 0 Å². The zero-order chi connectivity index (χ0) is 12.7. The van der Waals surface area contributed by atoms with Crippen LogP contribution in [0.15, 0.2) is 22.8 Å². The third kappa shape index (κ3) is 6.79. The summed E-state index contributed by atoms with van der Waals surface area (Å²) in [6, 6.07) is 4.66. The number of hydrogen-bond acceptors (Lipinski definition) is 2. The van der Waals surface area contributed by atoms with Crippen LogP contribution in [0, 0.1) is 5.92 Å². The fourth-order valence-electron chi connectivity index (χ4n) is 1.72. The number of nitrogens with one attached hydrogen (secondary N) is 1. The lowest BCUT2D eigenvalue weighted by Crippen LogP contribution is -2.25. The first-order chi connectivity index (χ1) is 8.08. The molecule has 0 aromatic carbocycles. The standard InChI is InChI=1S/C14H23BrN2/c1-11(2)5-4-6-12(3)16-10-14-8-7-13(15)9-17-14/h7-9,11-12,16H,4-6,10H2,1-3H3. The van der Waals surface area contributed by atoms with Gasteiger partial charge in [-0.2, -0.15) is 0 Å². The predicted molar refractivity (Wildman–Crippen MR) is 76.9 cm³/mol. The van der Waals surface area contributed by atoms with Crippen molar-refractivity contribution < 1.29 is 0 Å². The van der Waals surface area contributed by atoms with Crippen LogP contribution in [0.5, 0.6) is 0 Å². The van der Waals surface area contributed by atoms with Crippen molar-refractivity contribution in [2.24, 2.45) is 5.92 Å². The van der Waals surface area contributed by atoms with E-state index in [0.29, 0.717) is 6.04 Å². The van der Waals surface area contributed by atoms with Crippen molar-refractivity contribution in [2.45, 2.75) is 52.6 Å². The van der Waals surface area contributed by atoms with E-state index in [-0.39, 0.29) is 0 Å². The summed E-state index contributed by atoms with van der Waals surface area (Å²) in [6.45, 7) is 7.67. The monoisotopic (exact) mass is 298 g/mol. The third-order valence-electron chi connectivity index (χ3n) is 2.84. The van der Waals surface area contributed by atoms with Gasteiger partial charge in [-0.1, -0.05) is 26.7 Å². The summed E-state index contributed by atoms with van der Waals surface area (Å²) in [5.74, 6) is 0.815. The number of hydrogen-bond donors (Lipinski definition) is 1. The number of rotatable bonds is 7. The summed E-state index contributed by atoms with van der Waals surface area (Å²) in [7, 11) is 0. The number of halogens is 1. The second-order valence-corrected chi connectivity index (χ2v) is 5.99. The Morgan fingerprint density at radius 3 is 2.59 bits per heavy atom. The molecule has 3 heteroatoms. The molecule has 0 fully saturated rings. The molecule has 0 amide bonds. The van der Waals surface area contributed by atoms with E-state index >= 15 is 0 Å². The highest BCUT2D eigenvalue weighted by Gasteiger charge is 2.03. The van der Waals surface area contributed by atoms with Crippen molar-refractivity contribution in [3.63, 3.8) is 0 Å². The number of pyridine rings is 1. The Morgan fingerprint density at radius 1 is 1.24 bits per heavy atom. The van der Waals surface area contributed by atoms with Gasteiger partial charge >= 0.3 is 0 Å². The van der Waals surface area contributed by atoms with Crippen molar-refractivity contribution in [1.29, 1.82) is 0 Å². The molecular formula is C14H23BrN2. The Labute approximate surface area is 113 Å². The summed E-state index contributed by atoms with van der Waals surface area (Å²) in [5, 5.41) is 3.51. The van der Waals surface area contributed by atoms with Gasteiger partial charge in [0.1, 0.15) is 0 Å². The zero-order valence-corrected chi connectivity index (χ0v) is 12.6. The quantitative estimate of drug-likeness (QED) is 0.818. The zero-order valence-electron chi connectivity index (χ0n) is 11.0. The Morgan fingerprint density at radius 2 is 2.00 bits per heavy atom. The first kappa shape index (κ1) is 14.7. The summed E-state index contributed by atoms with van der Waals surface area (Å²) in [6.07, 6.45) is 5.72. The van der Waals surface area contributed by atoms with Crippen LogP contribution >= 0.6 is 15.9 Å². The van der Waals surface area contributed by atoms with Gasteiger partial charge in [0.15, 0.2) is 0 Å². The third-order valence-corrected chi connectivity index (χ3v) is 3.31. The van der Waals surface area contributed by atoms with Crippen LogP contribution in [0.1, 0.15) is 45.7 Å². The molecule has 0 aliphatic rings. The van der Waals surface area contributed by atoms with Gasteiger partial charge in [0.25, 0.3) is 0 Å². The molecule has 0 saturated heterocycles. The maximum Gasteiger partial charge on any atom is 0.0542 e. The van der Waals surface area contributed by atoms with E-state index in [0.717, 1.165) is 22.6 Å². The maximum absolute atomic E-state index is 4.35. The van der Waals surface area contributed by atoms with Crippen LogP contribution < -0.4 is 5.32 Å².